The largest absolute Gasteiger partial charge is 0.493 e. The highest BCUT2D eigenvalue weighted by Crippen LogP contribution is 2.18. The third kappa shape index (κ3) is 5.32. The van der Waals surface area contributed by atoms with E-state index in [-0.39, 0.29) is 0 Å². The van der Waals surface area contributed by atoms with E-state index in [4.69, 9.17) is 4.74 Å². The number of pyridine rings is 1. The van der Waals surface area contributed by atoms with Crippen LogP contribution in [0.15, 0.2) is 24.9 Å². The van der Waals surface area contributed by atoms with Crippen LogP contribution in [0.1, 0.15) is 37.4 Å². The third-order valence-corrected chi connectivity index (χ3v) is 2.63. The molecule has 0 aliphatic heterocycles. The fourth-order valence-electron chi connectivity index (χ4n) is 1.64. The number of hydrogen-bond donors (Lipinski definition) is 1. The number of hydrogen-bond acceptors (Lipinski definition) is 3. The fourth-order valence-corrected chi connectivity index (χ4v) is 1.64. The van der Waals surface area contributed by atoms with Crippen LogP contribution in [0, 0.1) is 6.92 Å². The van der Waals surface area contributed by atoms with Crippen LogP contribution in [0.4, 0.5) is 0 Å². The van der Waals surface area contributed by atoms with E-state index >= 15 is 0 Å². The lowest BCUT2D eigenvalue weighted by Gasteiger charge is -2.12. The second kappa shape index (κ2) is 8.70. The predicted molar refractivity (Wildman–Crippen MR) is 75.9 cm³/mol. The summed E-state index contributed by atoms with van der Waals surface area (Å²) in [7, 11) is 0. The lowest BCUT2D eigenvalue weighted by Crippen LogP contribution is -2.15. The van der Waals surface area contributed by atoms with Gasteiger partial charge in [0, 0.05) is 30.1 Å². The molecule has 3 heteroatoms. The maximum absolute atomic E-state index is 5.82. The van der Waals surface area contributed by atoms with Crippen molar-refractivity contribution < 1.29 is 4.74 Å². The summed E-state index contributed by atoms with van der Waals surface area (Å²) in [5.41, 5.74) is 2.13. The van der Waals surface area contributed by atoms with Crippen LogP contribution in [-0.2, 0) is 6.54 Å². The van der Waals surface area contributed by atoms with E-state index in [1.54, 1.807) is 0 Å². The smallest absolute Gasteiger partial charge is 0.127 e. The van der Waals surface area contributed by atoms with Gasteiger partial charge in [0.15, 0.2) is 0 Å². The number of ether oxygens (including phenoxy) is 1. The molecule has 1 N–H and O–H groups in total. The van der Waals surface area contributed by atoms with Crippen molar-refractivity contribution in [3.05, 3.63) is 36.2 Å². The molecule has 0 aliphatic carbocycles. The maximum Gasteiger partial charge on any atom is 0.127 e. The third-order valence-electron chi connectivity index (χ3n) is 2.63. The van der Waals surface area contributed by atoms with Gasteiger partial charge in [-0.1, -0.05) is 13.0 Å². The molecule has 0 unspecified atom stereocenters. The van der Waals surface area contributed by atoms with Crippen LogP contribution in [0.2, 0.25) is 0 Å². The molecule has 1 aromatic rings. The van der Waals surface area contributed by atoms with Crippen LogP contribution in [0.5, 0.6) is 5.75 Å². The first-order valence-corrected chi connectivity index (χ1v) is 6.67. The standard InChI is InChI=1S/C15H24N2O/c1-4-6-7-9-18-15-10-13(3)17-12-14(15)11-16-8-5-2/h4,10,12,16H,1,5-9,11H2,2-3H3. The van der Waals surface area contributed by atoms with E-state index in [0.29, 0.717) is 0 Å². The Labute approximate surface area is 110 Å². The lowest BCUT2D eigenvalue weighted by atomic mass is 10.2. The van der Waals surface area contributed by atoms with Crippen LogP contribution in [0.3, 0.4) is 0 Å². The molecule has 0 amide bonds. The first-order chi connectivity index (χ1) is 8.77. The Morgan fingerprint density at radius 1 is 1.50 bits per heavy atom. The minimum atomic E-state index is 0.732. The van der Waals surface area contributed by atoms with Crippen LogP contribution in [0.25, 0.3) is 0 Å². The van der Waals surface area contributed by atoms with Gasteiger partial charge in [0.1, 0.15) is 5.75 Å². The van der Waals surface area contributed by atoms with E-state index in [9.17, 15) is 0 Å². The molecular formula is C15H24N2O. The van der Waals surface area contributed by atoms with Crippen LogP contribution < -0.4 is 10.1 Å². The SMILES string of the molecule is C=CCCCOc1cc(C)ncc1CNCCC. The van der Waals surface area contributed by atoms with E-state index in [1.807, 2.05) is 25.3 Å². The summed E-state index contributed by atoms with van der Waals surface area (Å²) in [6.45, 7) is 10.4. The van der Waals surface area contributed by atoms with Crippen molar-refractivity contribution in [2.75, 3.05) is 13.2 Å². The molecule has 0 saturated carbocycles. The van der Waals surface area contributed by atoms with Crippen molar-refractivity contribution in [3.63, 3.8) is 0 Å². The van der Waals surface area contributed by atoms with E-state index in [2.05, 4.69) is 23.8 Å². The minimum absolute atomic E-state index is 0.732. The van der Waals surface area contributed by atoms with Crippen molar-refractivity contribution in [2.24, 2.45) is 0 Å². The molecular weight excluding hydrogens is 224 g/mol. The zero-order valence-electron chi connectivity index (χ0n) is 11.5. The summed E-state index contributed by atoms with van der Waals surface area (Å²) in [5.74, 6) is 0.954. The van der Waals surface area contributed by atoms with Crippen molar-refractivity contribution in [2.45, 2.75) is 39.7 Å². The summed E-state index contributed by atoms with van der Waals surface area (Å²) in [4.78, 5) is 4.33. The molecule has 18 heavy (non-hydrogen) atoms. The number of allylic oxidation sites excluding steroid dienone is 1. The Hall–Kier alpha value is -1.35. The zero-order valence-corrected chi connectivity index (χ0v) is 11.5. The molecule has 3 nitrogen and oxygen atoms in total. The predicted octanol–water partition coefficient (Wildman–Crippen LogP) is 3.23. The number of nitrogens with zero attached hydrogens (tertiary/aromatic N) is 1. The van der Waals surface area contributed by atoms with Gasteiger partial charge in [0.2, 0.25) is 0 Å². The molecule has 1 aromatic heterocycles. The monoisotopic (exact) mass is 248 g/mol. The van der Waals surface area contributed by atoms with Crippen molar-refractivity contribution in [1.29, 1.82) is 0 Å². The molecule has 0 spiro atoms. The quantitative estimate of drug-likeness (QED) is 0.538. The summed E-state index contributed by atoms with van der Waals surface area (Å²) in [5, 5.41) is 3.38. The summed E-state index contributed by atoms with van der Waals surface area (Å²) in [6, 6.07) is 2.01. The van der Waals surface area contributed by atoms with E-state index < -0.39 is 0 Å². The number of unbranched alkanes of at least 4 members (excludes halogenated alkanes) is 1. The number of nitrogens with one attached hydrogen (secondary N) is 1. The average molecular weight is 248 g/mol. The molecule has 0 bridgehead atoms. The minimum Gasteiger partial charge on any atom is -0.493 e. The molecule has 0 fully saturated rings. The van der Waals surface area contributed by atoms with E-state index in [0.717, 1.165) is 56.0 Å². The highest BCUT2D eigenvalue weighted by molar-refractivity contribution is 5.32. The summed E-state index contributed by atoms with van der Waals surface area (Å²) in [6.07, 6.45) is 6.96. The van der Waals surface area contributed by atoms with Gasteiger partial charge in [-0.15, -0.1) is 6.58 Å². The Morgan fingerprint density at radius 2 is 2.33 bits per heavy atom. The number of rotatable bonds is 9. The normalized spacial score (nSPS) is 10.3. The Balaban J connectivity index is 2.55. The highest BCUT2D eigenvalue weighted by Gasteiger charge is 2.04. The van der Waals surface area contributed by atoms with Crippen LogP contribution >= 0.6 is 0 Å². The first kappa shape index (κ1) is 14.7. The molecule has 0 aliphatic rings. The van der Waals surface area contributed by atoms with Crippen LogP contribution in [-0.4, -0.2) is 18.1 Å². The Bertz CT molecular complexity index is 364. The molecule has 0 aromatic carbocycles. The lowest BCUT2D eigenvalue weighted by molar-refractivity contribution is 0.307. The molecule has 1 heterocycles. The number of aryl methyl sites for hydroxylation is 1. The summed E-state index contributed by atoms with van der Waals surface area (Å²) < 4.78 is 5.82. The first-order valence-electron chi connectivity index (χ1n) is 6.67. The number of aromatic nitrogens is 1. The second-order valence-corrected chi connectivity index (χ2v) is 4.39. The topological polar surface area (TPSA) is 34.1 Å². The second-order valence-electron chi connectivity index (χ2n) is 4.39. The van der Waals surface area contributed by atoms with E-state index in [1.165, 1.54) is 0 Å². The average Bonchev–Trinajstić information content (AvgIpc) is 2.37. The molecule has 100 valence electrons. The van der Waals surface area contributed by atoms with Gasteiger partial charge in [-0.2, -0.15) is 0 Å². The molecule has 0 saturated heterocycles. The van der Waals surface area contributed by atoms with Gasteiger partial charge in [-0.3, -0.25) is 4.98 Å². The highest BCUT2D eigenvalue weighted by atomic mass is 16.5. The maximum atomic E-state index is 5.82. The van der Waals surface area contributed by atoms with Crippen molar-refractivity contribution >= 4 is 0 Å². The van der Waals surface area contributed by atoms with Gasteiger partial charge in [-0.25, -0.2) is 0 Å². The molecule has 0 radical (unpaired) electrons. The van der Waals surface area contributed by atoms with Gasteiger partial charge in [0.05, 0.1) is 6.61 Å². The summed E-state index contributed by atoms with van der Waals surface area (Å²) >= 11 is 0. The zero-order chi connectivity index (χ0) is 13.2. The van der Waals surface area contributed by atoms with Gasteiger partial charge in [0.25, 0.3) is 0 Å². The van der Waals surface area contributed by atoms with Crippen molar-refractivity contribution in [3.8, 4) is 5.75 Å². The van der Waals surface area contributed by atoms with Gasteiger partial charge < -0.3 is 10.1 Å². The van der Waals surface area contributed by atoms with Gasteiger partial charge >= 0.3 is 0 Å². The van der Waals surface area contributed by atoms with Gasteiger partial charge in [-0.05, 0) is 32.7 Å². The molecule has 1 rings (SSSR count). The fraction of sp³-hybridized carbons (Fsp3) is 0.533. The van der Waals surface area contributed by atoms with Crippen molar-refractivity contribution in [1.82, 2.24) is 10.3 Å². The Morgan fingerprint density at radius 3 is 3.06 bits per heavy atom. The Kier molecular flexibility index (Phi) is 7.11. The molecule has 0 atom stereocenters.